The van der Waals surface area contributed by atoms with Crippen LogP contribution in [0.15, 0.2) is 90.3 Å². The molecule has 0 amide bonds. The first kappa shape index (κ1) is 18.2. The first-order valence-electron chi connectivity index (χ1n) is 10.8. The predicted molar refractivity (Wildman–Crippen MR) is 124 cm³/mol. The number of fused-ring (bicyclic) bond motifs is 3. The highest BCUT2D eigenvalue weighted by atomic mass is 15.2. The van der Waals surface area contributed by atoms with Crippen LogP contribution in [0.5, 0.6) is 0 Å². The van der Waals surface area contributed by atoms with Gasteiger partial charge in [-0.15, -0.1) is 0 Å². The van der Waals surface area contributed by atoms with Crippen molar-refractivity contribution in [3.63, 3.8) is 0 Å². The van der Waals surface area contributed by atoms with Gasteiger partial charge in [-0.1, -0.05) is 74.0 Å². The van der Waals surface area contributed by atoms with Crippen LogP contribution >= 0.6 is 0 Å². The van der Waals surface area contributed by atoms with E-state index in [1.807, 2.05) is 0 Å². The van der Waals surface area contributed by atoms with E-state index in [0.717, 1.165) is 19.3 Å². The molecule has 0 fully saturated rings. The molecular weight excluding hydrogens is 350 g/mol. The number of allylic oxidation sites excluding steroid dienone is 7. The minimum atomic E-state index is 0.145. The van der Waals surface area contributed by atoms with Gasteiger partial charge in [-0.05, 0) is 78.5 Å². The number of anilines is 1. The average molecular weight is 380 g/mol. The van der Waals surface area contributed by atoms with Crippen LogP contribution in [-0.4, -0.2) is 0 Å². The molecule has 1 unspecified atom stereocenters. The molecule has 29 heavy (non-hydrogen) atoms. The van der Waals surface area contributed by atoms with E-state index in [0.29, 0.717) is 5.92 Å². The molecular formula is C28H29N. The summed E-state index contributed by atoms with van der Waals surface area (Å²) in [6.45, 7) is 7.05. The first-order valence-corrected chi connectivity index (χ1v) is 10.8. The summed E-state index contributed by atoms with van der Waals surface area (Å²) in [7, 11) is 0. The highest BCUT2D eigenvalue weighted by molar-refractivity contribution is 5.81. The Morgan fingerprint density at radius 3 is 2.55 bits per heavy atom. The zero-order valence-corrected chi connectivity index (χ0v) is 17.7. The van der Waals surface area contributed by atoms with E-state index in [9.17, 15) is 0 Å². The molecule has 0 spiro atoms. The topological polar surface area (TPSA) is 3.24 Å². The lowest BCUT2D eigenvalue weighted by Gasteiger charge is -2.37. The van der Waals surface area contributed by atoms with Gasteiger partial charge in [0.25, 0.3) is 0 Å². The molecule has 1 atom stereocenters. The molecule has 1 nitrogen and oxygen atoms in total. The number of aryl methyl sites for hydroxylation is 1. The molecule has 0 saturated heterocycles. The molecule has 0 aliphatic heterocycles. The third-order valence-electron chi connectivity index (χ3n) is 6.83. The maximum atomic E-state index is 2.47. The molecule has 3 aliphatic rings. The molecule has 1 heteroatoms. The lowest BCUT2D eigenvalue weighted by Crippen LogP contribution is -2.30. The second-order valence-electron chi connectivity index (χ2n) is 9.09. The maximum absolute atomic E-state index is 2.47. The van der Waals surface area contributed by atoms with Crippen LogP contribution in [0.3, 0.4) is 0 Å². The molecule has 2 aromatic rings. The van der Waals surface area contributed by atoms with Crippen molar-refractivity contribution in [3.05, 3.63) is 107 Å². The van der Waals surface area contributed by atoms with Gasteiger partial charge in [-0.3, -0.25) is 0 Å². The first-order chi connectivity index (χ1) is 14.1. The summed E-state index contributed by atoms with van der Waals surface area (Å²) in [6.07, 6.45) is 15.0. The monoisotopic (exact) mass is 379 g/mol. The minimum Gasteiger partial charge on any atom is -0.315 e. The molecule has 0 aromatic heterocycles. The fourth-order valence-electron chi connectivity index (χ4n) is 5.23. The quantitative estimate of drug-likeness (QED) is 0.540. The van der Waals surface area contributed by atoms with Gasteiger partial charge in [0.1, 0.15) is 0 Å². The molecule has 0 saturated carbocycles. The lowest BCUT2D eigenvalue weighted by molar-refractivity contribution is 0.406. The second kappa shape index (κ2) is 6.91. The maximum Gasteiger partial charge on any atom is 0.0458 e. The summed E-state index contributed by atoms with van der Waals surface area (Å²) in [4.78, 5) is 2.47. The molecule has 5 rings (SSSR count). The average Bonchev–Trinajstić information content (AvgIpc) is 2.96. The highest BCUT2D eigenvalue weighted by Crippen LogP contribution is 2.54. The van der Waals surface area contributed by atoms with Gasteiger partial charge in [-0.25, -0.2) is 0 Å². The van der Waals surface area contributed by atoms with E-state index in [4.69, 9.17) is 0 Å². The van der Waals surface area contributed by atoms with Crippen molar-refractivity contribution in [1.82, 2.24) is 0 Å². The Hall–Kier alpha value is -2.80. The van der Waals surface area contributed by atoms with Crippen LogP contribution in [0.1, 0.15) is 49.8 Å². The van der Waals surface area contributed by atoms with E-state index < -0.39 is 0 Å². The molecule has 0 heterocycles. The lowest BCUT2D eigenvalue weighted by atomic mass is 9.73. The van der Waals surface area contributed by atoms with E-state index in [1.54, 1.807) is 0 Å². The normalized spacial score (nSPS) is 21.6. The SMILES string of the molecule is Cc1ccc2c(c1)C(C)(C)C1CC(N(C3=CCCC=C3)c3ccccc3)=CC=C21. The van der Waals surface area contributed by atoms with Gasteiger partial charge < -0.3 is 4.90 Å². The largest absolute Gasteiger partial charge is 0.315 e. The third-order valence-corrected chi connectivity index (χ3v) is 6.83. The van der Waals surface area contributed by atoms with Crippen molar-refractivity contribution in [2.45, 2.75) is 45.4 Å². The van der Waals surface area contributed by atoms with Gasteiger partial charge in [0.05, 0.1) is 0 Å². The Balaban J connectivity index is 1.59. The number of nitrogens with zero attached hydrogens (tertiary/aromatic N) is 1. The van der Waals surface area contributed by atoms with Crippen molar-refractivity contribution in [2.75, 3.05) is 4.90 Å². The highest BCUT2D eigenvalue weighted by Gasteiger charge is 2.44. The van der Waals surface area contributed by atoms with Crippen LogP contribution in [0.4, 0.5) is 5.69 Å². The van der Waals surface area contributed by atoms with Crippen molar-refractivity contribution >= 4 is 11.3 Å². The second-order valence-corrected chi connectivity index (χ2v) is 9.09. The van der Waals surface area contributed by atoms with Crippen LogP contribution in [0.2, 0.25) is 0 Å². The molecule has 0 N–H and O–H groups in total. The Morgan fingerprint density at radius 1 is 0.966 bits per heavy atom. The number of para-hydroxylation sites is 1. The Morgan fingerprint density at radius 2 is 1.79 bits per heavy atom. The minimum absolute atomic E-state index is 0.145. The fourth-order valence-corrected chi connectivity index (χ4v) is 5.23. The van der Waals surface area contributed by atoms with Crippen LogP contribution < -0.4 is 4.90 Å². The van der Waals surface area contributed by atoms with Gasteiger partial charge in [0.2, 0.25) is 0 Å². The zero-order valence-electron chi connectivity index (χ0n) is 17.7. The number of benzene rings is 2. The van der Waals surface area contributed by atoms with Gasteiger partial charge in [-0.2, -0.15) is 0 Å². The summed E-state index contributed by atoms with van der Waals surface area (Å²) in [5.41, 5.74) is 9.90. The van der Waals surface area contributed by atoms with Crippen molar-refractivity contribution < 1.29 is 0 Å². The summed E-state index contributed by atoms with van der Waals surface area (Å²) >= 11 is 0. The molecule has 2 aromatic carbocycles. The van der Waals surface area contributed by atoms with Crippen LogP contribution in [0.25, 0.3) is 5.57 Å². The van der Waals surface area contributed by atoms with E-state index in [1.165, 1.54) is 39.3 Å². The van der Waals surface area contributed by atoms with Gasteiger partial charge in [0.15, 0.2) is 0 Å². The number of rotatable bonds is 3. The van der Waals surface area contributed by atoms with E-state index in [-0.39, 0.29) is 5.41 Å². The van der Waals surface area contributed by atoms with Crippen LogP contribution in [-0.2, 0) is 5.41 Å². The Labute approximate surface area is 174 Å². The Kier molecular flexibility index (Phi) is 4.35. The number of hydrogen-bond donors (Lipinski definition) is 0. The number of hydrogen-bond acceptors (Lipinski definition) is 1. The van der Waals surface area contributed by atoms with Crippen LogP contribution in [0, 0.1) is 12.8 Å². The van der Waals surface area contributed by atoms with E-state index >= 15 is 0 Å². The predicted octanol–water partition coefficient (Wildman–Crippen LogP) is 7.31. The van der Waals surface area contributed by atoms with Crippen molar-refractivity contribution in [1.29, 1.82) is 0 Å². The molecule has 0 radical (unpaired) electrons. The molecule has 146 valence electrons. The van der Waals surface area contributed by atoms with E-state index in [2.05, 4.69) is 105 Å². The zero-order chi connectivity index (χ0) is 20.0. The van der Waals surface area contributed by atoms with Gasteiger partial charge in [0, 0.05) is 17.1 Å². The van der Waals surface area contributed by atoms with Crippen molar-refractivity contribution in [2.24, 2.45) is 5.92 Å². The van der Waals surface area contributed by atoms with Crippen molar-refractivity contribution in [3.8, 4) is 0 Å². The standard InChI is InChI=1S/C28H29N/c1-20-14-16-24-25-17-15-23(19-27(25)28(2,3)26(24)18-20)29(21-10-6-4-7-11-21)22-12-8-5-9-13-22/h4,6-8,10-18,27H,5,9,19H2,1-3H3. The summed E-state index contributed by atoms with van der Waals surface area (Å²) in [6, 6.07) is 17.8. The summed E-state index contributed by atoms with van der Waals surface area (Å²) in [5.74, 6) is 0.513. The summed E-state index contributed by atoms with van der Waals surface area (Å²) < 4.78 is 0. The molecule has 3 aliphatic carbocycles. The molecule has 0 bridgehead atoms. The Bertz CT molecular complexity index is 1060. The smallest absolute Gasteiger partial charge is 0.0458 e. The fraction of sp³-hybridized carbons (Fsp3) is 0.286. The third kappa shape index (κ3) is 3.00. The van der Waals surface area contributed by atoms with Gasteiger partial charge >= 0.3 is 0 Å². The summed E-state index contributed by atoms with van der Waals surface area (Å²) in [5, 5.41) is 0.